The number of benzene rings is 1. The van der Waals surface area contributed by atoms with E-state index in [0.29, 0.717) is 18.7 Å². The van der Waals surface area contributed by atoms with E-state index in [0.717, 1.165) is 18.5 Å². The van der Waals surface area contributed by atoms with Crippen LogP contribution >= 0.6 is 0 Å². The number of carbonyl (C=O) groups excluding carboxylic acids is 2. The minimum atomic E-state index is -0.510. The maximum absolute atomic E-state index is 12.2. The van der Waals surface area contributed by atoms with Gasteiger partial charge in [-0.25, -0.2) is 9.59 Å². The van der Waals surface area contributed by atoms with Crippen molar-refractivity contribution in [2.75, 3.05) is 18.4 Å². The lowest BCUT2D eigenvalue weighted by Crippen LogP contribution is -2.50. The molecule has 2 rings (SSSR count). The Morgan fingerprint density at radius 1 is 0.929 bits per heavy atom. The molecule has 1 saturated heterocycles. The summed E-state index contributed by atoms with van der Waals surface area (Å²) in [5.74, 6) is -0.323. The molecule has 0 spiro atoms. The fourth-order valence-corrected chi connectivity index (χ4v) is 3.01. The molecular formula is C22H34N2O4. The van der Waals surface area contributed by atoms with Crippen molar-refractivity contribution in [3.05, 3.63) is 29.8 Å². The predicted molar refractivity (Wildman–Crippen MR) is 111 cm³/mol. The first-order chi connectivity index (χ1) is 12.8. The Bertz CT molecular complexity index is 691. The van der Waals surface area contributed by atoms with Crippen LogP contribution in [0.5, 0.6) is 0 Å². The van der Waals surface area contributed by atoms with Crippen molar-refractivity contribution in [2.24, 2.45) is 0 Å². The van der Waals surface area contributed by atoms with Gasteiger partial charge in [-0.05, 0) is 85.6 Å². The number of likely N-dealkylation sites (tertiary alicyclic amines) is 1. The van der Waals surface area contributed by atoms with Crippen molar-refractivity contribution < 1.29 is 19.1 Å². The van der Waals surface area contributed by atoms with Crippen LogP contribution in [0, 0.1) is 0 Å². The highest BCUT2D eigenvalue weighted by Crippen LogP contribution is 2.28. The zero-order valence-electron chi connectivity index (χ0n) is 18.2. The number of esters is 1. The standard InChI is InChI=1S/C22H34N2O4/c1-20(2,3)27-18(25)16-8-10-17(11-9-16)23-22(7)12-14-24(15-13-22)19(26)28-21(4,5)6/h8-11,23H,12-15H2,1-7H3. The Morgan fingerprint density at radius 2 is 1.43 bits per heavy atom. The van der Waals surface area contributed by atoms with Crippen molar-refractivity contribution in [1.82, 2.24) is 4.90 Å². The summed E-state index contributed by atoms with van der Waals surface area (Å²) >= 11 is 0. The minimum absolute atomic E-state index is 0.119. The molecule has 0 aliphatic carbocycles. The highest BCUT2D eigenvalue weighted by atomic mass is 16.6. The monoisotopic (exact) mass is 390 g/mol. The van der Waals surface area contributed by atoms with Crippen LogP contribution in [-0.4, -0.2) is 46.8 Å². The molecule has 6 heteroatoms. The van der Waals surface area contributed by atoms with E-state index in [9.17, 15) is 9.59 Å². The molecule has 0 saturated carbocycles. The molecule has 1 aromatic carbocycles. The summed E-state index contributed by atoms with van der Waals surface area (Å²) in [4.78, 5) is 26.1. The van der Waals surface area contributed by atoms with E-state index in [4.69, 9.17) is 9.47 Å². The van der Waals surface area contributed by atoms with E-state index in [-0.39, 0.29) is 17.6 Å². The molecule has 1 fully saturated rings. The van der Waals surface area contributed by atoms with Crippen molar-refractivity contribution in [1.29, 1.82) is 0 Å². The van der Waals surface area contributed by atoms with E-state index >= 15 is 0 Å². The fraction of sp³-hybridized carbons (Fsp3) is 0.636. The van der Waals surface area contributed by atoms with Crippen LogP contribution in [0.4, 0.5) is 10.5 Å². The summed E-state index contributed by atoms with van der Waals surface area (Å²) < 4.78 is 10.8. The first kappa shape index (κ1) is 22.1. The second-order valence-electron chi connectivity index (χ2n) is 9.73. The highest BCUT2D eigenvalue weighted by Gasteiger charge is 2.33. The van der Waals surface area contributed by atoms with Crippen LogP contribution in [0.15, 0.2) is 24.3 Å². The van der Waals surface area contributed by atoms with Crippen molar-refractivity contribution in [3.63, 3.8) is 0 Å². The molecule has 0 atom stereocenters. The molecule has 1 heterocycles. The Labute approximate surface area is 168 Å². The molecule has 6 nitrogen and oxygen atoms in total. The van der Waals surface area contributed by atoms with Crippen LogP contribution in [0.25, 0.3) is 0 Å². The van der Waals surface area contributed by atoms with Gasteiger partial charge in [-0.1, -0.05) is 0 Å². The minimum Gasteiger partial charge on any atom is -0.456 e. The third-order valence-corrected chi connectivity index (χ3v) is 4.48. The number of amides is 1. The molecule has 0 radical (unpaired) electrons. The Morgan fingerprint density at radius 3 is 1.89 bits per heavy atom. The summed E-state index contributed by atoms with van der Waals surface area (Å²) in [6, 6.07) is 7.33. The molecule has 28 heavy (non-hydrogen) atoms. The van der Waals surface area contributed by atoms with E-state index in [1.54, 1.807) is 17.0 Å². The number of anilines is 1. The van der Waals surface area contributed by atoms with Gasteiger partial charge < -0.3 is 19.7 Å². The largest absolute Gasteiger partial charge is 0.456 e. The van der Waals surface area contributed by atoms with Gasteiger partial charge in [0.1, 0.15) is 11.2 Å². The lowest BCUT2D eigenvalue weighted by Gasteiger charge is -2.40. The zero-order chi connectivity index (χ0) is 21.2. The first-order valence-corrected chi connectivity index (χ1v) is 9.86. The summed E-state index contributed by atoms with van der Waals surface area (Å²) in [5.41, 5.74) is 0.368. The van der Waals surface area contributed by atoms with Crippen LogP contribution in [-0.2, 0) is 9.47 Å². The van der Waals surface area contributed by atoms with Gasteiger partial charge >= 0.3 is 12.1 Å². The highest BCUT2D eigenvalue weighted by molar-refractivity contribution is 5.90. The molecule has 0 aromatic heterocycles. The average molecular weight is 391 g/mol. The SMILES string of the molecule is CC1(Nc2ccc(C(=O)OC(C)(C)C)cc2)CCN(C(=O)OC(C)(C)C)CC1. The van der Waals surface area contributed by atoms with Gasteiger partial charge in [0, 0.05) is 24.3 Å². The molecule has 1 aliphatic rings. The Balaban J connectivity index is 1.92. The third-order valence-electron chi connectivity index (χ3n) is 4.48. The van der Waals surface area contributed by atoms with Gasteiger partial charge in [0.15, 0.2) is 0 Å². The second kappa shape index (κ2) is 8.02. The van der Waals surface area contributed by atoms with Crippen molar-refractivity contribution in [3.8, 4) is 0 Å². The van der Waals surface area contributed by atoms with Crippen molar-refractivity contribution in [2.45, 2.75) is 78.0 Å². The van der Waals surface area contributed by atoms with Crippen molar-refractivity contribution >= 4 is 17.7 Å². The maximum Gasteiger partial charge on any atom is 0.410 e. The quantitative estimate of drug-likeness (QED) is 0.748. The molecule has 1 aromatic rings. The number of carbonyl (C=O) groups is 2. The molecule has 156 valence electrons. The van der Waals surface area contributed by atoms with Gasteiger partial charge in [-0.2, -0.15) is 0 Å². The topological polar surface area (TPSA) is 67.9 Å². The number of nitrogens with zero attached hydrogens (tertiary/aromatic N) is 1. The van der Waals surface area contributed by atoms with E-state index in [1.807, 2.05) is 53.7 Å². The molecule has 1 N–H and O–H groups in total. The number of rotatable bonds is 3. The van der Waals surface area contributed by atoms with Crippen LogP contribution in [0.3, 0.4) is 0 Å². The van der Waals surface area contributed by atoms with Crippen LogP contribution in [0.1, 0.15) is 71.7 Å². The fourth-order valence-electron chi connectivity index (χ4n) is 3.01. The first-order valence-electron chi connectivity index (χ1n) is 9.86. The molecule has 1 aliphatic heterocycles. The third kappa shape index (κ3) is 6.73. The van der Waals surface area contributed by atoms with Gasteiger partial charge in [-0.15, -0.1) is 0 Å². The number of hydrogen-bond acceptors (Lipinski definition) is 5. The number of nitrogens with one attached hydrogen (secondary N) is 1. The lowest BCUT2D eigenvalue weighted by molar-refractivity contribution is 0.00685. The molecular weight excluding hydrogens is 356 g/mol. The van der Waals surface area contributed by atoms with Gasteiger partial charge in [-0.3, -0.25) is 0 Å². The molecule has 0 unspecified atom stereocenters. The van der Waals surface area contributed by atoms with E-state index in [1.165, 1.54) is 0 Å². The van der Waals surface area contributed by atoms with Crippen LogP contribution < -0.4 is 5.32 Å². The number of ether oxygens (including phenoxy) is 2. The Hall–Kier alpha value is -2.24. The lowest BCUT2D eigenvalue weighted by atomic mass is 9.89. The van der Waals surface area contributed by atoms with Gasteiger partial charge in [0.05, 0.1) is 5.56 Å². The molecule has 1 amide bonds. The second-order valence-corrected chi connectivity index (χ2v) is 9.73. The number of hydrogen-bond donors (Lipinski definition) is 1. The van der Waals surface area contributed by atoms with Gasteiger partial charge in [0.25, 0.3) is 0 Å². The predicted octanol–water partition coefficient (Wildman–Crippen LogP) is 4.84. The smallest absolute Gasteiger partial charge is 0.410 e. The van der Waals surface area contributed by atoms with Crippen LogP contribution in [0.2, 0.25) is 0 Å². The summed E-state index contributed by atoms with van der Waals surface area (Å²) in [6.07, 6.45) is 1.39. The Kier molecular flexibility index (Phi) is 6.31. The normalized spacial score (nSPS) is 17.0. The molecule has 0 bridgehead atoms. The zero-order valence-corrected chi connectivity index (χ0v) is 18.2. The summed E-state index contributed by atoms with van der Waals surface area (Å²) in [7, 11) is 0. The van der Waals surface area contributed by atoms with Gasteiger partial charge in [0.2, 0.25) is 0 Å². The summed E-state index contributed by atoms with van der Waals surface area (Å²) in [6.45, 7) is 14.6. The van der Waals surface area contributed by atoms with E-state index in [2.05, 4.69) is 12.2 Å². The number of piperidine rings is 1. The summed E-state index contributed by atoms with van der Waals surface area (Å²) in [5, 5.41) is 3.55. The average Bonchev–Trinajstić information content (AvgIpc) is 2.52. The maximum atomic E-state index is 12.2. The van der Waals surface area contributed by atoms with E-state index < -0.39 is 11.2 Å².